The molecule has 1 aliphatic heterocycles. The highest BCUT2D eigenvalue weighted by Gasteiger charge is 2.38. The molecule has 0 amide bonds. The molecule has 1 aliphatic rings. The summed E-state index contributed by atoms with van der Waals surface area (Å²) in [5.41, 5.74) is 9.43. The van der Waals surface area contributed by atoms with E-state index in [1.54, 1.807) is 0 Å². The molecule has 1 N–H and O–H groups in total. The maximum Gasteiger partial charge on any atom is 0.0957 e. The van der Waals surface area contributed by atoms with Crippen molar-refractivity contribution in [2.45, 2.75) is 19.3 Å². The van der Waals surface area contributed by atoms with Crippen molar-refractivity contribution >= 4 is 39.0 Å². The van der Waals surface area contributed by atoms with Gasteiger partial charge in [-0.15, -0.1) is 0 Å². The maximum atomic E-state index is 4.64. The zero-order chi connectivity index (χ0) is 19.6. The van der Waals surface area contributed by atoms with Crippen LogP contribution in [0.25, 0.3) is 21.9 Å². The fourth-order valence-electron chi connectivity index (χ4n) is 4.91. The largest absolute Gasteiger partial charge is 0.353 e. The van der Waals surface area contributed by atoms with Crippen molar-refractivity contribution in [3.05, 3.63) is 96.2 Å². The molecule has 0 radical (unpaired) electrons. The molecule has 0 aliphatic carbocycles. The van der Waals surface area contributed by atoms with E-state index in [-0.39, 0.29) is 5.41 Å². The van der Waals surface area contributed by atoms with E-state index in [4.69, 9.17) is 0 Å². The van der Waals surface area contributed by atoms with Gasteiger partial charge in [-0.3, -0.25) is 4.98 Å². The maximum absolute atomic E-state index is 4.64. The number of anilines is 3. The first kappa shape index (κ1) is 16.4. The number of hydrogen-bond donors (Lipinski definition) is 1. The summed E-state index contributed by atoms with van der Waals surface area (Å²) in [6.45, 7) is 4.65. The SMILES string of the molecule is CC1(C)c2ccccc2N(c2ccccc2)c2ccc3c([nH]c4cccnc43)c21. The van der Waals surface area contributed by atoms with Crippen LogP contribution in [0.5, 0.6) is 0 Å². The van der Waals surface area contributed by atoms with E-state index in [1.165, 1.54) is 39.1 Å². The highest BCUT2D eigenvalue weighted by molar-refractivity contribution is 6.09. The Morgan fingerprint density at radius 3 is 2.45 bits per heavy atom. The van der Waals surface area contributed by atoms with Gasteiger partial charge in [0.1, 0.15) is 0 Å². The summed E-state index contributed by atoms with van der Waals surface area (Å²) in [5.74, 6) is 0. The Bertz CT molecular complexity index is 1380. The van der Waals surface area contributed by atoms with Crippen LogP contribution >= 0.6 is 0 Å². The molecular formula is C26H21N3. The van der Waals surface area contributed by atoms with Crippen LogP contribution in [-0.4, -0.2) is 9.97 Å². The number of hydrogen-bond acceptors (Lipinski definition) is 2. The smallest absolute Gasteiger partial charge is 0.0957 e. The summed E-state index contributed by atoms with van der Waals surface area (Å²) in [6.07, 6.45) is 1.87. The van der Waals surface area contributed by atoms with Crippen molar-refractivity contribution in [3.63, 3.8) is 0 Å². The molecule has 0 saturated carbocycles. The van der Waals surface area contributed by atoms with Gasteiger partial charge in [0.2, 0.25) is 0 Å². The molecule has 3 nitrogen and oxygen atoms in total. The lowest BCUT2D eigenvalue weighted by Gasteiger charge is -2.42. The molecule has 29 heavy (non-hydrogen) atoms. The third-order valence-electron chi connectivity index (χ3n) is 6.20. The predicted octanol–water partition coefficient (Wildman–Crippen LogP) is 6.83. The van der Waals surface area contributed by atoms with Gasteiger partial charge in [0.05, 0.1) is 27.9 Å². The summed E-state index contributed by atoms with van der Waals surface area (Å²) in [5, 5.41) is 1.18. The lowest BCUT2D eigenvalue weighted by molar-refractivity contribution is 0.637. The topological polar surface area (TPSA) is 31.9 Å². The summed E-state index contributed by atoms with van der Waals surface area (Å²) in [4.78, 5) is 10.7. The molecule has 0 bridgehead atoms. The molecule has 0 unspecified atom stereocenters. The van der Waals surface area contributed by atoms with Gasteiger partial charge in [0.15, 0.2) is 0 Å². The van der Waals surface area contributed by atoms with Gasteiger partial charge in [-0.05, 0) is 48.0 Å². The second-order valence-corrected chi connectivity index (χ2v) is 8.22. The number of aromatic amines is 1. The number of aromatic nitrogens is 2. The zero-order valence-corrected chi connectivity index (χ0v) is 16.5. The first-order valence-electron chi connectivity index (χ1n) is 10.0. The number of benzene rings is 3. The second-order valence-electron chi connectivity index (χ2n) is 8.22. The number of para-hydroxylation sites is 2. The van der Waals surface area contributed by atoms with E-state index in [9.17, 15) is 0 Å². The van der Waals surface area contributed by atoms with Gasteiger partial charge in [-0.2, -0.15) is 0 Å². The first-order chi connectivity index (χ1) is 14.2. The Hall–Kier alpha value is -3.59. The number of pyridine rings is 1. The molecule has 0 atom stereocenters. The minimum Gasteiger partial charge on any atom is -0.353 e. The van der Waals surface area contributed by atoms with Crippen molar-refractivity contribution in [1.29, 1.82) is 0 Å². The van der Waals surface area contributed by atoms with Crippen LogP contribution in [0.4, 0.5) is 17.1 Å². The Kier molecular flexibility index (Phi) is 3.22. The Labute approximate surface area is 169 Å². The van der Waals surface area contributed by atoms with Crippen LogP contribution in [0.1, 0.15) is 25.0 Å². The molecule has 6 rings (SSSR count). The second kappa shape index (κ2) is 5.71. The molecule has 140 valence electrons. The number of H-pyrrole nitrogens is 1. The first-order valence-corrected chi connectivity index (χ1v) is 10.0. The molecule has 2 aromatic heterocycles. The third kappa shape index (κ3) is 2.16. The Morgan fingerprint density at radius 1 is 0.793 bits per heavy atom. The molecule has 0 spiro atoms. The van der Waals surface area contributed by atoms with Crippen molar-refractivity contribution in [2.75, 3.05) is 4.90 Å². The van der Waals surface area contributed by atoms with E-state index < -0.39 is 0 Å². The molecule has 0 fully saturated rings. The van der Waals surface area contributed by atoms with E-state index in [1.807, 2.05) is 12.3 Å². The Morgan fingerprint density at radius 2 is 1.59 bits per heavy atom. The average molecular weight is 375 g/mol. The summed E-state index contributed by atoms with van der Waals surface area (Å²) in [6, 6.07) is 27.9. The van der Waals surface area contributed by atoms with Crippen LogP contribution in [-0.2, 0) is 5.41 Å². The fourth-order valence-corrected chi connectivity index (χ4v) is 4.91. The van der Waals surface area contributed by atoms with Crippen LogP contribution in [0.3, 0.4) is 0 Å². The molecule has 3 aromatic carbocycles. The van der Waals surface area contributed by atoms with E-state index in [0.717, 1.165) is 11.0 Å². The van der Waals surface area contributed by atoms with E-state index in [2.05, 4.69) is 102 Å². The molecule has 3 heteroatoms. The molecule has 5 aromatic rings. The predicted molar refractivity (Wildman–Crippen MR) is 120 cm³/mol. The molecular weight excluding hydrogens is 354 g/mol. The molecule has 3 heterocycles. The van der Waals surface area contributed by atoms with Crippen molar-refractivity contribution in [1.82, 2.24) is 9.97 Å². The van der Waals surface area contributed by atoms with Crippen molar-refractivity contribution in [2.24, 2.45) is 0 Å². The van der Waals surface area contributed by atoms with Crippen molar-refractivity contribution < 1.29 is 0 Å². The van der Waals surface area contributed by atoms with Crippen molar-refractivity contribution in [3.8, 4) is 0 Å². The van der Waals surface area contributed by atoms with E-state index in [0.29, 0.717) is 0 Å². The monoisotopic (exact) mass is 375 g/mol. The van der Waals surface area contributed by atoms with Crippen LogP contribution in [0.15, 0.2) is 85.1 Å². The summed E-state index contributed by atoms with van der Waals surface area (Å²) in [7, 11) is 0. The highest BCUT2D eigenvalue weighted by Crippen LogP contribution is 2.53. The van der Waals surface area contributed by atoms with Gasteiger partial charge in [-0.1, -0.05) is 50.2 Å². The van der Waals surface area contributed by atoms with Gasteiger partial charge < -0.3 is 9.88 Å². The minimum atomic E-state index is -0.141. The normalized spacial score (nSPS) is 14.8. The van der Waals surface area contributed by atoms with Gasteiger partial charge >= 0.3 is 0 Å². The number of fused-ring (bicyclic) bond motifs is 6. The molecule has 0 saturated heterocycles. The Balaban J connectivity index is 1.77. The zero-order valence-electron chi connectivity index (χ0n) is 16.5. The number of nitrogens with one attached hydrogen (secondary N) is 1. The average Bonchev–Trinajstić information content (AvgIpc) is 3.13. The minimum absolute atomic E-state index is 0.141. The number of rotatable bonds is 1. The fraction of sp³-hybridized carbons (Fsp3) is 0.115. The quantitative estimate of drug-likeness (QED) is 0.348. The third-order valence-corrected chi connectivity index (χ3v) is 6.20. The highest BCUT2D eigenvalue weighted by atomic mass is 15.2. The van der Waals surface area contributed by atoms with Gasteiger partial charge in [0, 0.05) is 28.2 Å². The standard InChI is InChI=1S/C26H21N3/c1-26(2)19-11-6-7-13-21(19)29(17-9-4-3-5-10-17)22-15-14-18-24-20(12-8-16-27-24)28-25(18)23(22)26/h3-16,28H,1-2H3. The van der Waals surface area contributed by atoms with E-state index >= 15 is 0 Å². The summed E-state index contributed by atoms with van der Waals surface area (Å²) < 4.78 is 0. The number of nitrogens with zero attached hydrogens (tertiary/aromatic N) is 2. The lowest BCUT2D eigenvalue weighted by Crippen LogP contribution is -2.30. The van der Waals surface area contributed by atoms with Crippen LogP contribution in [0.2, 0.25) is 0 Å². The van der Waals surface area contributed by atoms with Gasteiger partial charge in [-0.25, -0.2) is 0 Å². The lowest BCUT2D eigenvalue weighted by atomic mass is 9.73. The van der Waals surface area contributed by atoms with Crippen LogP contribution in [0, 0.1) is 0 Å². The summed E-state index contributed by atoms with van der Waals surface area (Å²) >= 11 is 0. The van der Waals surface area contributed by atoms with Crippen LogP contribution < -0.4 is 4.90 Å². The van der Waals surface area contributed by atoms with Gasteiger partial charge in [0.25, 0.3) is 0 Å².